The van der Waals surface area contributed by atoms with Gasteiger partial charge in [0.1, 0.15) is 11.6 Å². The Labute approximate surface area is 148 Å². The first-order valence-electron chi connectivity index (χ1n) is 8.53. The molecule has 0 aliphatic carbocycles. The fourth-order valence-corrected chi connectivity index (χ4v) is 3.00. The van der Waals surface area contributed by atoms with Gasteiger partial charge in [0, 0.05) is 25.8 Å². The van der Waals surface area contributed by atoms with Crippen molar-refractivity contribution >= 4 is 5.91 Å². The molecule has 1 aliphatic rings. The molecule has 6 heteroatoms. The number of rotatable bonds is 5. The lowest BCUT2D eigenvalue weighted by atomic mass is 10.0. The molecule has 132 valence electrons. The van der Waals surface area contributed by atoms with Crippen LogP contribution in [-0.2, 0) is 24.3 Å². The quantitative estimate of drug-likeness (QED) is 0.900. The van der Waals surface area contributed by atoms with E-state index >= 15 is 0 Å². The van der Waals surface area contributed by atoms with Crippen LogP contribution in [0.5, 0.6) is 5.75 Å². The zero-order valence-corrected chi connectivity index (χ0v) is 15.0. The largest absolute Gasteiger partial charge is 0.497 e. The number of benzene rings is 1. The van der Waals surface area contributed by atoms with Gasteiger partial charge in [0.2, 0.25) is 5.91 Å². The normalized spacial score (nSPS) is 15.3. The van der Waals surface area contributed by atoms with Crippen LogP contribution in [0.4, 0.5) is 0 Å². The van der Waals surface area contributed by atoms with Crippen LogP contribution in [-0.4, -0.2) is 40.5 Å². The van der Waals surface area contributed by atoms with Crippen LogP contribution in [0, 0.1) is 6.92 Å². The van der Waals surface area contributed by atoms with E-state index < -0.39 is 0 Å². The zero-order valence-electron chi connectivity index (χ0n) is 15.0. The summed E-state index contributed by atoms with van der Waals surface area (Å²) in [7, 11) is 1.64. The van der Waals surface area contributed by atoms with Crippen LogP contribution < -0.4 is 10.1 Å². The molecule has 1 atom stereocenters. The molecule has 0 bridgehead atoms. The van der Waals surface area contributed by atoms with E-state index in [1.54, 1.807) is 7.11 Å². The highest BCUT2D eigenvalue weighted by Gasteiger charge is 2.26. The van der Waals surface area contributed by atoms with Gasteiger partial charge in [-0.3, -0.25) is 9.69 Å². The van der Waals surface area contributed by atoms with E-state index in [-0.39, 0.29) is 11.9 Å². The molecule has 1 unspecified atom stereocenters. The number of nitrogens with zero attached hydrogens (tertiary/aromatic N) is 3. The average molecular weight is 340 g/mol. The number of nitrogens with one attached hydrogen (secondary N) is 1. The van der Waals surface area contributed by atoms with Gasteiger partial charge < -0.3 is 10.1 Å². The van der Waals surface area contributed by atoms with Crippen LogP contribution in [0.2, 0.25) is 0 Å². The second-order valence-corrected chi connectivity index (χ2v) is 6.35. The minimum atomic E-state index is -0.193. The van der Waals surface area contributed by atoms with Gasteiger partial charge in [0.25, 0.3) is 0 Å². The third-order valence-corrected chi connectivity index (χ3v) is 4.65. The summed E-state index contributed by atoms with van der Waals surface area (Å²) < 4.78 is 5.15. The SMILES string of the molecule is COc1ccc(CNC(=O)C(C)N2CCc3cnc(C)nc3C2)cc1. The van der Waals surface area contributed by atoms with E-state index in [0.717, 1.165) is 35.8 Å². The first kappa shape index (κ1) is 17.4. The number of amides is 1. The molecule has 1 aliphatic heterocycles. The van der Waals surface area contributed by atoms with E-state index in [0.29, 0.717) is 13.1 Å². The predicted octanol–water partition coefficient (Wildman–Crippen LogP) is 1.86. The third-order valence-electron chi connectivity index (χ3n) is 4.65. The fraction of sp³-hybridized carbons (Fsp3) is 0.421. The Hall–Kier alpha value is -2.47. The smallest absolute Gasteiger partial charge is 0.237 e. The monoisotopic (exact) mass is 340 g/mol. The number of hydrogen-bond donors (Lipinski definition) is 1. The molecule has 2 aromatic rings. The first-order valence-corrected chi connectivity index (χ1v) is 8.53. The van der Waals surface area contributed by atoms with Crippen molar-refractivity contribution in [3.05, 3.63) is 53.1 Å². The van der Waals surface area contributed by atoms with Crippen molar-refractivity contribution in [2.24, 2.45) is 0 Å². The van der Waals surface area contributed by atoms with E-state index in [1.807, 2.05) is 44.3 Å². The van der Waals surface area contributed by atoms with Crippen molar-refractivity contribution in [1.82, 2.24) is 20.2 Å². The number of carbonyl (C=O) groups is 1. The van der Waals surface area contributed by atoms with Gasteiger partial charge in [-0.25, -0.2) is 9.97 Å². The molecule has 25 heavy (non-hydrogen) atoms. The summed E-state index contributed by atoms with van der Waals surface area (Å²) in [6.07, 6.45) is 2.79. The van der Waals surface area contributed by atoms with Gasteiger partial charge in [-0.05, 0) is 43.5 Å². The number of aromatic nitrogens is 2. The minimum Gasteiger partial charge on any atom is -0.497 e. The second kappa shape index (κ2) is 7.61. The summed E-state index contributed by atoms with van der Waals surface area (Å²) in [6.45, 7) is 5.89. The highest BCUT2D eigenvalue weighted by molar-refractivity contribution is 5.81. The molecular weight excluding hydrogens is 316 g/mol. The lowest BCUT2D eigenvalue weighted by Crippen LogP contribution is -2.47. The van der Waals surface area contributed by atoms with E-state index in [2.05, 4.69) is 20.2 Å². The minimum absolute atomic E-state index is 0.0325. The zero-order chi connectivity index (χ0) is 17.8. The molecule has 1 aromatic heterocycles. The van der Waals surface area contributed by atoms with Crippen molar-refractivity contribution < 1.29 is 9.53 Å². The Morgan fingerprint density at radius 3 is 2.84 bits per heavy atom. The van der Waals surface area contributed by atoms with Crippen LogP contribution in [0.15, 0.2) is 30.5 Å². The molecule has 0 spiro atoms. The Morgan fingerprint density at radius 1 is 1.36 bits per heavy atom. The molecule has 1 amide bonds. The number of aryl methyl sites for hydroxylation is 1. The van der Waals surface area contributed by atoms with Gasteiger partial charge in [-0.2, -0.15) is 0 Å². The van der Waals surface area contributed by atoms with Gasteiger partial charge in [0.15, 0.2) is 0 Å². The van der Waals surface area contributed by atoms with Crippen LogP contribution in [0.3, 0.4) is 0 Å². The maximum absolute atomic E-state index is 12.5. The Kier molecular flexibility index (Phi) is 5.28. The van der Waals surface area contributed by atoms with Crippen molar-refractivity contribution in [2.75, 3.05) is 13.7 Å². The second-order valence-electron chi connectivity index (χ2n) is 6.35. The number of carbonyl (C=O) groups excluding carboxylic acids is 1. The molecule has 0 saturated carbocycles. The number of ether oxygens (including phenoxy) is 1. The van der Waals surface area contributed by atoms with Crippen LogP contribution in [0.1, 0.15) is 29.6 Å². The van der Waals surface area contributed by atoms with Crippen LogP contribution in [0.25, 0.3) is 0 Å². The van der Waals surface area contributed by atoms with Crippen molar-refractivity contribution in [3.8, 4) is 5.75 Å². The maximum Gasteiger partial charge on any atom is 0.237 e. The average Bonchev–Trinajstić information content (AvgIpc) is 2.65. The first-order chi connectivity index (χ1) is 12.1. The molecule has 3 rings (SSSR count). The van der Waals surface area contributed by atoms with Gasteiger partial charge in [0.05, 0.1) is 18.8 Å². The molecule has 2 heterocycles. The summed E-state index contributed by atoms with van der Waals surface area (Å²) in [4.78, 5) is 23.4. The highest BCUT2D eigenvalue weighted by atomic mass is 16.5. The highest BCUT2D eigenvalue weighted by Crippen LogP contribution is 2.18. The molecule has 0 radical (unpaired) electrons. The van der Waals surface area contributed by atoms with E-state index in [1.165, 1.54) is 5.56 Å². The number of methoxy groups -OCH3 is 1. The molecule has 0 saturated heterocycles. The topological polar surface area (TPSA) is 67.3 Å². The van der Waals surface area contributed by atoms with Gasteiger partial charge in [-0.15, -0.1) is 0 Å². The predicted molar refractivity (Wildman–Crippen MR) is 95.2 cm³/mol. The molecular formula is C19H24N4O2. The van der Waals surface area contributed by atoms with Crippen molar-refractivity contribution in [3.63, 3.8) is 0 Å². The maximum atomic E-state index is 12.5. The summed E-state index contributed by atoms with van der Waals surface area (Å²) in [5.74, 6) is 1.62. The third kappa shape index (κ3) is 4.14. The fourth-order valence-electron chi connectivity index (χ4n) is 3.00. The van der Waals surface area contributed by atoms with Crippen LogP contribution >= 0.6 is 0 Å². The lowest BCUT2D eigenvalue weighted by molar-refractivity contribution is -0.126. The molecule has 6 nitrogen and oxygen atoms in total. The lowest BCUT2D eigenvalue weighted by Gasteiger charge is -2.32. The molecule has 0 fully saturated rings. The molecule has 1 aromatic carbocycles. The standard InChI is InChI=1S/C19H24N4O2/c1-13(19(24)21-10-15-4-6-17(25-3)7-5-15)23-9-8-16-11-20-14(2)22-18(16)12-23/h4-7,11,13H,8-10,12H2,1-3H3,(H,21,24). The van der Waals surface area contributed by atoms with Gasteiger partial charge in [-0.1, -0.05) is 12.1 Å². The Bertz CT molecular complexity index is 746. The Balaban J connectivity index is 1.57. The summed E-state index contributed by atoms with van der Waals surface area (Å²) in [5.41, 5.74) is 3.27. The Morgan fingerprint density at radius 2 is 2.12 bits per heavy atom. The summed E-state index contributed by atoms with van der Waals surface area (Å²) >= 11 is 0. The summed E-state index contributed by atoms with van der Waals surface area (Å²) in [5, 5.41) is 3.01. The van der Waals surface area contributed by atoms with Crippen molar-refractivity contribution in [1.29, 1.82) is 0 Å². The summed E-state index contributed by atoms with van der Waals surface area (Å²) in [6, 6.07) is 7.52. The number of hydrogen-bond acceptors (Lipinski definition) is 5. The van der Waals surface area contributed by atoms with E-state index in [9.17, 15) is 4.79 Å². The van der Waals surface area contributed by atoms with Gasteiger partial charge >= 0.3 is 0 Å². The van der Waals surface area contributed by atoms with Crippen molar-refractivity contribution in [2.45, 2.75) is 39.4 Å². The molecule has 1 N–H and O–H groups in total. The number of fused-ring (bicyclic) bond motifs is 1. The van der Waals surface area contributed by atoms with E-state index in [4.69, 9.17) is 4.74 Å².